The molecule has 0 aromatic rings. The van der Waals surface area contributed by atoms with Gasteiger partial charge in [0.1, 0.15) is 0 Å². The van der Waals surface area contributed by atoms with Crippen molar-refractivity contribution in [2.75, 3.05) is 45.8 Å². The first-order valence-electron chi connectivity index (χ1n) is 8.05. The molecule has 0 bridgehead atoms. The van der Waals surface area contributed by atoms with E-state index in [0.29, 0.717) is 11.8 Å². The number of carbonyl (C=O) groups excluding carboxylic acids is 1. The van der Waals surface area contributed by atoms with E-state index in [-0.39, 0.29) is 12.4 Å². The number of rotatable bonds is 3. The fourth-order valence-electron chi connectivity index (χ4n) is 3.41. The Labute approximate surface area is 128 Å². The maximum atomic E-state index is 12.1. The van der Waals surface area contributed by atoms with Gasteiger partial charge in [-0.25, -0.2) is 0 Å². The van der Waals surface area contributed by atoms with Crippen molar-refractivity contribution in [2.24, 2.45) is 11.8 Å². The highest BCUT2D eigenvalue weighted by atomic mass is 35.5. The smallest absolute Gasteiger partial charge is 0.225 e. The van der Waals surface area contributed by atoms with Crippen molar-refractivity contribution in [1.82, 2.24) is 15.1 Å². The number of carbonyl (C=O) groups is 1. The van der Waals surface area contributed by atoms with E-state index >= 15 is 0 Å². The predicted octanol–water partition coefficient (Wildman–Crippen LogP) is 1.35. The Morgan fingerprint density at radius 1 is 1.05 bits per heavy atom. The van der Waals surface area contributed by atoms with Crippen molar-refractivity contribution in [2.45, 2.75) is 32.1 Å². The lowest BCUT2D eigenvalue weighted by molar-refractivity contribution is -0.132. The predicted molar refractivity (Wildman–Crippen MR) is 83.2 cm³/mol. The SMILES string of the molecule is Cl.O=C(C1CC1)N1CCCN(CC2CCCNC2)CC1. The van der Waals surface area contributed by atoms with Gasteiger partial charge in [-0.05, 0) is 57.7 Å². The van der Waals surface area contributed by atoms with E-state index in [1.807, 2.05) is 0 Å². The Bertz CT molecular complexity index is 316. The molecule has 4 nitrogen and oxygen atoms in total. The fourth-order valence-corrected chi connectivity index (χ4v) is 3.41. The second-order valence-corrected chi connectivity index (χ2v) is 6.47. The van der Waals surface area contributed by atoms with E-state index in [1.54, 1.807) is 0 Å². The first-order valence-corrected chi connectivity index (χ1v) is 8.05. The van der Waals surface area contributed by atoms with Gasteiger partial charge < -0.3 is 15.1 Å². The Hall–Kier alpha value is -0.320. The highest BCUT2D eigenvalue weighted by Gasteiger charge is 2.34. The molecule has 20 heavy (non-hydrogen) atoms. The van der Waals surface area contributed by atoms with Crippen molar-refractivity contribution in [3.63, 3.8) is 0 Å². The summed E-state index contributed by atoms with van der Waals surface area (Å²) in [6.07, 6.45) is 6.11. The zero-order valence-corrected chi connectivity index (χ0v) is 13.2. The van der Waals surface area contributed by atoms with Gasteiger partial charge >= 0.3 is 0 Å². The number of amides is 1. The summed E-state index contributed by atoms with van der Waals surface area (Å²) in [7, 11) is 0. The molecule has 1 N–H and O–H groups in total. The molecule has 0 radical (unpaired) electrons. The van der Waals surface area contributed by atoms with Crippen LogP contribution in [-0.2, 0) is 4.79 Å². The standard InChI is InChI=1S/C15H27N3O.ClH/c19-15(14-4-5-14)18-8-2-7-17(9-10-18)12-13-3-1-6-16-11-13;/h13-14,16H,1-12H2;1H. The molecule has 2 saturated heterocycles. The van der Waals surface area contributed by atoms with E-state index < -0.39 is 0 Å². The monoisotopic (exact) mass is 301 g/mol. The van der Waals surface area contributed by atoms with E-state index in [4.69, 9.17) is 0 Å². The van der Waals surface area contributed by atoms with Crippen molar-refractivity contribution in [3.8, 4) is 0 Å². The van der Waals surface area contributed by atoms with Gasteiger partial charge in [-0.1, -0.05) is 0 Å². The first kappa shape index (κ1) is 16.1. The highest BCUT2D eigenvalue weighted by Crippen LogP contribution is 2.31. The quantitative estimate of drug-likeness (QED) is 0.855. The number of hydrogen-bond donors (Lipinski definition) is 1. The minimum absolute atomic E-state index is 0. The minimum Gasteiger partial charge on any atom is -0.341 e. The number of nitrogens with one attached hydrogen (secondary N) is 1. The molecule has 1 saturated carbocycles. The van der Waals surface area contributed by atoms with Gasteiger partial charge in [0.25, 0.3) is 0 Å². The summed E-state index contributed by atoms with van der Waals surface area (Å²) in [6, 6.07) is 0. The molecule has 3 aliphatic rings. The number of halogens is 1. The van der Waals surface area contributed by atoms with Crippen LogP contribution in [0, 0.1) is 11.8 Å². The van der Waals surface area contributed by atoms with E-state index in [0.717, 1.165) is 44.8 Å². The molecular formula is C15H28ClN3O. The maximum Gasteiger partial charge on any atom is 0.225 e. The van der Waals surface area contributed by atoms with Crippen LogP contribution in [0.2, 0.25) is 0 Å². The molecule has 1 aliphatic carbocycles. The molecule has 116 valence electrons. The second kappa shape index (κ2) is 7.62. The van der Waals surface area contributed by atoms with Crippen LogP contribution in [0.5, 0.6) is 0 Å². The lowest BCUT2D eigenvalue weighted by atomic mass is 9.99. The van der Waals surface area contributed by atoms with E-state index in [9.17, 15) is 4.79 Å². The average molecular weight is 302 g/mol. The van der Waals surface area contributed by atoms with Gasteiger partial charge in [0.2, 0.25) is 5.91 Å². The average Bonchev–Trinajstić information content (AvgIpc) is 3.27. The molecule has 5 heteroatoms. The van der Waals surface area contributed by atoms with E-state index in [2.05, 4.69) is 15.1 Å². The lowest BCUT2D eigenvalue weighted by Gasteiger charge is -2.29. The summed E-state index contributed by atoms with van der Waals surface area (Å²) in [5.41, 5.74) is 0. The van der Waals surface area contributed by atoms with Crippen LogP contribution in [0.4, 0.5) is 0 Å². The lowest BCUT2D eigenvalue weighted by Crippen LogP contribution is -2.40. The third kappa shape index (κ3) is 4.34. The third-order valence-corrected chi connectivity index (χ3v) is 4.74. The minimum atomic E-state index is 0. The Balaban J connectivity index is 0.00000147. The van der Waals surface area contributed by atoms with Crippen LogP contribution >= 0.6 is 12.4 Å². The van der Waals surface area contributed by atoms with Gasteiger partial charge in [-0.2, -0.15) is 0 Å². The number of piperidine rings is 1. The van der Waals surface area contributed by atoms with E-state index in [1.165, 1.54) is 39.0 Å². The van der Waals surface area contributed by atoms with Gasteiger partial charge in [0.05, 0.1) is 0 Å². The van der Waals surface area contributed by atoms with Gasteiger partial charge in [0.15, 0.2) is 0 Å². The normalized spacial score (nSPS) is 28.6. The van der Waals surface area contributed by atoms with Crippen molar-refractivity contribution >= 4 is 18.3 Å². The summed E-state index contributed by atoms with van der Waals surface area (Å²) >= 11 is 0. The summed E-state index contributed by atoms with van der Waals surface area (Å²) in [5, 5.41) is 3.50. The summed E-state index contributed by atoms with van der Waals surface area (Å²) in [6.45, 7) is 7.78. The Morgan fingerprint density at radius 2 is 1.90 bits per heavy atom. The molecular weight excluding hydrogens is 274 g/mol. The maximum absolute atomic E-state index is 12.1. The molecule has 0 aromatic carbocycles. The van der Waals surface area contributed by atoms with Gasteiger partial charge in [-0.15, -0.1) is 12.4 Å². The van der Waals surface area contributed by atoms with Crippen LogP contribution in [0.1, 0.15) is 32.1 Å². The molecule has 1 atom stereocenters. The molecule has 3 rings (SSSR count). The van der Waals surface area contributed by atoms with Crippen molar-refractivity contribution in [3.05, 3.63) is 0 Å². The van der Waals surface area contributed by atoms with Crippen LogP contribution in [0.3, 0.4) is 0 Å². The van der Waals surface area contributed by atoms with Crippen molar-refractivity contribution < 1.29 is 4.79 Å². The molecule has 1 unspecified atom stereocenters. The van der Waals surface area contributed by atoms with Crippen LogP contribution in [0.15, 0.2) is 0 Å². The largest absolute Gasteiger partial charge is 0.341 e. The zero-order valence-electron chi connectivity index (χ0n) is 12.4. The summed E-state index contributed by atoms with van der Waals surface area (Å²) in [5.74, 6) is 1.63. The van der Waals surface area contributed by atoms with Crippen LogP contribution in [-0.4, -0.2) is 61.5 Å². The highest BCUT2D eigenvalue weighted by molar-refractivity contribution is 5.85. The molecule has 1 amide bonds. The molecule has 0 aromatic heterocycles. The van der Waals surface area contributed by atoms with Gasteiger partial charge in [-0.3, -0.25) is 4.79 Å². The topological polar surface area (TPSA) is 35.6 Å². The third-order valence-electron chi connectivity index (χ3n) is 4.74. The number of nitrogens with zero attached hydrogens (tertiary/aromatic N) is 2. The first-order chi connectivity index (χ1) is 9.33. The Morgan fingerprint density at radius 3 is 2.60 bits per heavy atom. The second-order valence-electron chi connectivity index (χ2n) is 6.47. The summed E-state index contributed by atoms with van der Waals surface area (Å²) in [4.78, 5) is 16.8. The molecule has 3 fully saturated rings. The van der Waals surface area contributed by atoms with Crippen LogP contribution in [0.25, 0.3) is 0 Å². The molecule has 2 heterocycles. The molecule has 0 spiro atoms. The Kier molecular flexibility index (Phi) is 6.12. The van der Waals surface area contributed by atoms with Gasteiger partial charge in [0, 0.05) is 32.1 Å². The zero-order chi connectivity index (χ0) is 13.1. The summed E-state index contributed by atoms with van der Waals surface area (Å²) < 4.78 is 0. The van der Waals surface area contributed by atoms with Crippen LogP contribution < -0.4 is 5.32 Å². The molecule has 2 aliphatic heterocycles. The van der Waals surface area contributed by atoms with Crippen molar-refractivity contribution in [1.29, 1.82) is 0 Å². The number of hydrogen-bond acceptors (Lipinski definition) is 3. The fraction of sp³-hybridized carbons (Fsp3) is 0.933.